The highest BCUT2D eigenvalue weighted by Gasteiger charge is 2.08. The van der Waals surface area contributed by atoms with Crippen molar-refractivity contribution in [2.45, 2.75) is 32.1 Å². The Morgan fingerprint density at radius 3 is 2.00 bits per heavy atom. The largest absolute Gasteiger partial charge is 0.399 e. The van der Waals surface area contributed by atoms with Crippen molar-refractivity contribution in [1.29, 1.82) is 0 Å². The zero-order chi connectivity index (χ0) is 11.2. The van der Waals surface area contributed by atoms with E-state index in [0.29, 0.717) is 0 Å². The van der Waals surface area contributed by atoms with Crippen molar-refractivity contribution in [1.82, 2.24) is 4.90 Å². The number of hydrogen-bond donors (Lipinski definition) is 1. The topological polar surface area (TPSA) is 29.3 Å². The molecule has 1 saturated heterocycles. The molecule has 2 rings (SSSR count). The van der Waals surface area contributed by atoms with E-state index in [4.69, 9.17) is 5.73 Å². The summed E-state index contributed by atoms with van der Waals surface area (Å²) in [5.41, 5.74) is 7.94. The molecule has 0 unspecified atom stereocenters. The molecule has 18 heavy (non-hydrogen) atoms. The summed E-state index contributed by atoms with van der Waals surface area (Å²) in [4.78, 5) is 2.60. The molecule has 4 heteroatoms. The predicted molar refractivity (Wildman–Crippen MR) is 84.0 cm³/mol. The predicted octanol–water partition coefficient (Wildman–Crippen LogP) is 3.53. The lowest BCUT2D eigenvalue weighted by atomic mass is 10.1. The van der Waals surface area contributed by atoms with Crippen LogP contribution in [-0.2, 0) is 6.42 Å². The fourth-order valence-electron chi connectivity index (χ4n) is 2.33. The third kappa shape index (κ3) is 5.94. The Kier molecular flexibility index (Phi) is 9.25. The third-order valence-corrected chi connectivity index (χ3v) is 3.40. The number of benzene rings is 1. The van der Waals surface area contributed by atoms with Gasteiger partial charge in [-0.15, -0.1) is 24.8 Å². The number of likely N-dealkylation sites (tertiary alicyclic amines) is 1. The Bertz CT molecular complexity index is 306. The van der Waals surface area contributed by atoms with Crippen molar-refractivity contribution in [3.8, 4) is 0 Å². The van der Waals surface area contributed by atoms with E-state index in [1.54, 1.807) is 0 Å². The van der Waals surface area contributed by atoms with Crippen molar-refractivity contribution in [3.63, 3.8) is 0 Å². The van der Waals surface area contributed by atoms with Gasteiger partial charge in [0.05, 0.1) is 0 Å². The van der Waals surface area contributed by atoms with Crippen molar-refractivity contribution in [2.75, 3.05) is 25.4 Å². The van der Waals surface area contributed by atoms with Crippen LogP contribution in [0.4, 0.5) is 5.69 Å². The molecule has 0 aromatic heterocycles. The van der Waals surface area contributed by atoms with E-state index < -0.39 is 0 Å². The van der Waals surface area contributed by atoms with E-state index >= 15 is 0 Å². The number of hydrogen-bond acceptors (Lipinski definition) is 2. The van der Waals surface area contributed by atoms with Crippen LogP contribution >= 0.6 is 24.8 Å². The number of halogens is 2. The Morgan fingerprint density at radius 2 is 1.44 bits per heavy atom. The summed E-state index contributed by atoms with van der Waals surface area (Å²) in [6.07, 6.45) is 6.74. The van der Waals surface area contributed by atoms with Gasteiger partial charge in [-0.2, -0.15) is 0 Å². The molecule has 1 heterocycles. The number of nitrogen functional groups attached to an aromatic ring is 1. The van der Waals surface area contributed by atoms with Gasteiger partial charge >= 0.3 is 0 Å². The van der Waals surface area contributed by atoms with E-state index in [1.165, 1.54) is 50.9 Å². The Morgan fingerprint density at radius 1 is 0.889 bits per heavy atom. The molecule has 1 aliphatic rings. The van der Waals surface area contributed by atoms with Crippen molar-refractivity contribution in [2.24, 2.45) is 0 Å². The summed E-state index contributed by atoms with van der Waals surface area (Å²) < 4.78 is 0. The molecule has 0 spiro atoms. The maximum atomic E-state index is 5.68. The standard InChI is InChI=1S/C14H22N2.2ClH/c15-14-7-5-13(6-8-14)9-12-16-10-3-1-2-4-11-16;;/h5-8H,1-4,9-12,15H2;2*1H. The molecule has 0 aliphatic carbocycles. The maximum Gasteiger partial charge on any atom is 0.0314 e. The molecular weight excluding hydrogens is 267 g/mol. The summed E-state index contributed by atoms with van der Waals surface area (Å²) in [7, 11) is 0. The summed E-state index contributed by atoms with van der Waals surface area (Å²) in [5.74, 6) is 0. The molecule has 0 radical (unpaired) electrons. The van der Waals surface area contributed by atoms with Gasteiger partial charge in [0.2, 0.25) is 0 Å². The zero-order valence-corrected chi connectivity index (χ0v) is 12.4. The summed E-state index contributed by atoms with van der Waals surface area (Å²) >= 11 is 0. The quantitative estimate of drug-likeness (QED) is 0.863. The highest BCUT2D eigenvalue weighted by atomic mass is 35.5. The summed E-state index contributed by atoms with van der Waals surface area (Å²) in [6, 6.07) is 8.29. The third-order valence-electron chi connectivity index (χ3n) is 3.40. The minimum absolute atomic E-state index is 0. The van der Waals surface area contributed by atoms with Crippen LogP contribution in [0.2, 0.25) is 0 Å². The summed E-state index contributed by atoms with van der Waals surface area (Å²) in [5, 5.41) is 0. The first-order valence-electron chi connectivity index (χ1n) is 6.41. The van der Waals surface area contributed by atoms with E-state index in [-0.39, 0.29) is 24.8 Å². The Hall–Kier alpha value is -0.440. The van der Waals surface area contributed by atoms with Crippen molar-refractivity contribution >= 4 is 30.5 Å². The first-order chi connectivity index (χ1) is 7.84. The molecule has 0 saturated carbocycles. The molecule has 0 bridgehead atoms. The number of nitrogens with zero attached hydrogens (tertiary/aromatic N) is 1. The monoisotopic (exact) mass is 290 g/mol. The number of nitrogens with two attached hydrogens (primary N) is 1. The fraction of sp³-hybridized carbons (Fsp3) is 0.571. The first-order valence-corrected chi connectivity index (χ1v) is 6.41. The number of rotatable bonds is 3. The molecule has 1 fully saturated rings. The van der Waals surface area contributed by atoms with Gasteiger partial charge in [0, 0.05) is 12.2 Å². The number of anilines is 1. The summed E-state index contributed by atoms with van der Waals surface area (Å²) in [6.45, 7) is 3.77. The van der Waals surface area contributed by atoms with Gasteiger partial charge in [0.15, 0.2) is 0 Å². The first kappa shape index (κ1) is 17.6. The van der Waals surface area contributed by atoms with Crippen LogP contribution in [0.25, 0.3) is 0 Å². The molecule has 2 nitrogen and oxygen atoms in total. The molecule has 1 aromatic rings. The second-order valence-electron chi connectivity index (χ2n) is 4.75. The lowest BCUT2D eigenvalue weighted by Crippen LogP contribution is -2.26. The van der Waals surface area contributed by atoms with Crippen LogP contribution in [0, 0.1) is 0 Å². The van der Waals surface area contributed by atoms with Crippen LogP contribution < -0.4 is 5.73 Å². The van der Waals surface area contributed by atoms with Crippen molar-refractivity contribution < 1.29 is 0 Å². The molecular formula is C14H24Cl2N2. The van der Waals surface area contributed by atoms with Crippen molar-refractivity contribution in [3.05, 3.63) is 29.8 Å². The zero-order valence-electron chi connectivity index (χ0n) is 10.8. The van der Waals surface area contributed by atoms with Crippen LogP contribution in [-0.4, -0.2) is 24.5 Å². The van der Waals surface area contributed by atoms with Gasteiger partial charge < -0.3 is 10.6 Å². The molecule has 0 amide bonds. The van der Waals surface area contributed by atoms with E-state index in [0.717, 1.165) is 12.1 Å². The highest BCUT2D eigenvalue weighted by Crippen LogP contribution is 2.11. The fourth-order valence-corrected chi connectivity index (χ4v) is 2.33. The van der Waals surface area contributed by atoms with Crippen LogP contribution in [0.15, 0.2) is 24.3 Å². The average molecular weight is 291 g/mol. The molecule has 0 atom stereocenters. The molecule has 2 N–H and O–H groups in total. The molecule has 1 aliphatic heterocycles. The second-order valence-corrected chi connectivity index (χ2v) is 4.75. The van der Waals surface area contributed by atoms with Crippen LogP contribution in [0.1, 0.15) is 31.2 Å². The Balaban J connectivity index is 0.00000144. The van der Waals surface area contributed by atoms with Gasteiger partial charge in [-0.25, -0.2) is 0 Å². The van der Waals surface area contributed by atoms with E-state index in [9.17, 15) is 0 Å². The molecule has 104 valence electrons. The van der Waals surface area contributed by atoms with E-state index in [2.05, 4.69) is 17.0 Å². The van der Waals surface area contributed by atoms with Gasteiger partial charge in [0.25, 0.3) is 0 Å². The van der Waals surface area contributed by atoms with Gasteiger partial charge in [-0.3, -0.25) is 0 Å². The van der Waals surface area contributed by atoms with Crippen LogP contribution in [0.5, 0.6) is 0 Å². The molecule has 1 aromatic carbocycles. The average Bonchev–Trinajstić information content (AvgIpc) is 2.57. The normalized spacial score (nSPS) is 16.2. The lowest BCUT2D eigenvalue weighted by Gasteiger charge is -2.19. The Labute approximate surface area is 123 Å². The second kappa shape index (κ2) is 9.48. The lowest BCUT2D eigenvalue weighted by molar-refractivity contribution is 0.289. The van der Waals surface area contributed by atoms with Crippen LogP contribution in [0.3, 0.4) is 0 Å². The SMILES string of the molecule is Cl.Cl.Nc1ccc(CCN2CCCCCC2)cc1. The smallest absolute Gasteiger partial charge is 0.0314 e. The van der Waals surface area contributed by atoms with Gasteiger partial charge in [0.1, 0.15) is 0 Å². The van der Waals surface area contributed by atoms with Gasteiger partial charge in [-0.05, 0) is 50.0 Å². The highest BCUT2D eigenvalue weighted by molar-refractivity contribution is 5.85. The maximum absolute atomic E-state index is 5.68. The van der Waals surface area contributed by atoms with Gasteiger partial charge in [-0.1, -0.05) is 25.0 Å². The minimum Gasteiger partial charge on any atom is -0.399 e. The minimum atomic E-state index is 0. The van der Waals surface area contributed by atoms with E-state index in [1.807, 2.05) is 12.1 Å².